The van der Waals surface area contributed by atoms with E-state index in [4.69, 9.17) is 4.74 Å². The minimum absolute atomic E-state index is 0.121. The topological polar surface area (TPSA) is 114 Å². The molecule has 4 atom stereocenters. The number of nitrogens with zero attached hydrogens (tertiary/aromatic N) is 3. The zero-order chi connectivity index (χ0) is 32.9. The van der Waals surface area contributed by atoms with Crippen molar-refractivity contribution in [2.75, 3.05) is 25.1 Å². The Morgan fingerprint density at radius 2 is 1.83 bits per heavy atom. The molecule has 5 heterocycles. The quantitative estimate of drug-likeness (QED) is 0.374. The summed E-state index contributed by atoms with van der Waals surface area (Å²) < 4.78 is 50.2. The largest absolute Gasteiger partial charge is 0.381 e. The molecular weight excluding hydrogens is 611 g/mol. The molecule has 3 unspecified atom stereocenters. The van der Waals surface area contributed by atoms with Crippen LogP contribution in [0.5, 0.6) is 0 Å². The van der Waals surface area contributed by atoms with Crippen molar-refractivity contribution in [3.05, 3.63) is 93.7 Å². The maximum Gasteiger partial charge on any atom is 0.253 e. The summed E-state index contributed by atoms with van der Waals surface area (Å²) in [6, 6.07) is 3.47. The summed E-state index contributed by atoms with van der Waals surface area (Å²) in [5.74, 6) is -4.96. The molecule has 7 rings (SSSR count). The van der Waals surface area contributed by atoms with E-state index >= 15 is 8.78 Å². The van der Waals surface area contributed by atoms with E-state index in [-0.39, 0.29) is 30.3 Å². The third-order valence-corrected chi connectivity index (χ3v) is 9.95. The summed E-state index contributed by atoms with van der Waals surface area (Å²) in [6.45, 7) is 2.88. The molecule has 1 saturated heterocycles. The Labute approximate surface area is 269 Å². The van der Waals surface area contributed by atoms with Gasteiger partial charge in [-0.3, -0.25) is 19.4 Å². The number of fused-ring (bicyclic) bond motifs is 4. The van der Waals surface area contributed by atoms with Crippen LogP contribution in [0.4, 0.5) is 19.0 Å². The number of carbonyl (C=O) groups is 3. The number of anilines is 1. The van der Waals surface area contributed by atoms with Gasteiger partial charge in [0.15, 0.2) is 11.6 Å². The van der Waals surface area contributed by atoms with Crippen LogP contribution in [0.3, 0.4) is 0 Å². The lowest BCUT2D eigenvalue weighted by Crippen LogP contribution is -2.58. The van der Waals surface area contributed by atoms with Crippen LogP contribution in [-0.2, 0) is 32.6 Å². The number of ether oxygens (including phenoxy) is 1. The van der Waals surface area contributed by atoms with Crippen molar-refractivity contribution in [2.24, 2.45) is 0 Å². The van der Waals surface area contributed by atoms with Gasteiger partial charge >= 0.3 is 0 Å². The monoisotopic (exact) mass is 645 g/mol. The molecule has 2 aromatic heterocycles. The molecule has 4 aliphatic rings. The molecule has 3 amide bonds. The number of nitrogens with one attached hydrogen (secondary N) is 2. The van der Waals surface area contributed by atoms with Crippen LogP contribution >= 0.6 is 0 Å². The minimum atomic E-state index is -1.30. The Morgan fingerprint density at radius 3 is 2.68 bits per heavy atom. The van der Waals surface area contributed by atoms with Crippen molar-refractivity contribution >= 4 is 29.6 Å². The van der Waals surface area contributed by atoms with Gasteiger partial charge in [-0.2, -0.15) is 0 Å². The van der Waals surface area contributed by atoms with Gasteiger partial charge in [-0.1, -0.05) is 12.2 Å². The first-order valence-corrected chi connectivity index (χ1v) is 15.9. The summed E-state index contributed by atoms with van der Waals surface area (Å²) in [5.41, 5.74) is 1.88. The first-order valence-electron chi connectivity index (χ1n) is 15.9. The predicted molar refractivity (Wildman–Crippen MR) is 166 cm³/mol. The number of halogens is 3. The standard InChI is InChI=1S/C35H34F3N5O4/c1-19-23(29-25(36)7-8-26(37)30(29)38)14-27-33(45)43(19)9-3-5-11-47-10-4-2-6-20-12-24-31(40-17-20)42-34(46)35(24)15-21-13-22(32(44)41-27)18-39-28(21)16-35/h2,6-8,12-13,17-19,23,27H,3-5,9-11,14-16H2,1H3,(H,41,44)(H,40,42,46)/b6-2+/t19?,23?,27?,35-/m0/s1. The van der Waals surface area contributed by atoms with E-state index in [2.05, 4.69) is 20.6 Å². The molecule has 244 valence electrons. The Kier molecular flexibility index (Phi) is 8.07. The Hall–Kier alpha value is -4.58. The highest BCUT2D eigenvalue weighted by atomic mass is 19.2. The highest BCUT2D eigenvalue weighted by Gasteiger charge is 2.52. The number of benzene rings is 1. The van der Waals surface area contributed by atoms with E-state index in [0.717, 1.165) is 28.8 Å². The number of hydrogen-bond donors (Lipinski definition) is 2. The van der Waals surface area contributed by atoms with Crippen LogP contribution in [0.1, 0.15) is 76.8 Å². The van der Waals surface area contributed by atoms with E-state index < -0.39 is 52.3 Å². The minimum Gasteiger partial charge on any atom is -0.381 e. The normalized spacial score (nSPS) is 26.8. The second kappa shape index (κ2) is 12.2. The number of aromatic nitrogens is 2. The summed E-state index contributed by atoms with van der Waals surface area (Å²) in [5, 5.41) is 5.67. The van der Waals surface area contributed by atoms with Gasteiger partial charge in [-0.15, -0.1) is 0 Å². The number of piperidine rings is 1. The summed E-state index contributed by atoms with van der Waals surface area (Å²) in [4.78, 5) is 51.4. The SMILES string of the molecule is CC1C(c2c(F)ccc(F)c2F)CC2NC(=O)c3cnc4c(c3)C[C@@]3(C4)C(=O)Nc4ncc(cc43)/C=C/CCOCCCCN1C2=O. The van der Waals surface area contributed by atoms with Crippen molar-refractivity contribution in [2.45, 2.75) is 68.9 Å². The van der Waals surface area contributed by atoms with Crippen LogP contribution in [-0.4, -0.2) is 64.4 Å². The first kappa shape index (κ1) is 31.0. The van der Waals surface area contributed by atoms with Gasteiger partial charge in [0.2, 0.25) is 11.8 Å². The molecule has 1 aromatic carbocycles. The molecule has 1 aliphatic carbocycles. The molecule has 3 aliphatic heterocycles. The summed E-state index contributed by atoms with van der Waals surface area (Å²) in [7, 11) is 0. The third kappa shape index (κ3) is 5.48. The van der Waals surface area contributed by atoms with Crippen molar-refractivity contribution in [1.82, 2.24) is 20.2 Å². The van der Waals surface area contributed by atoms with E-state index in [0.29, 0.717) is 56.8 Å². The van der Waals surface area contributed by atoms with Gasteiger partial charge < -0.3 is 20.3 Å². The maximum atomic E-state index is 15.1. The van der Waals surface area contributed by atoms with Gasteiger partial charge in [0.1, 0.15) is 17.7 Å². The second-order valence-electron chi connectivity index (χ2n) is 12.8. The van der Waals surface area contributed by atoms with Crippen LogP contribution in [0.25, 0.3) is 6.08 Å². The van der Waals surface area contributed by atoms with Gasteiger partial charge in [0.25, 0.3) is 5.91 Å². The molecule has 0 radical (unpaired) electrons. The van der Waals surface area contributed by atoms with E-state index in [1.165, 1.54) is 11.1 Å². The van der Waals surface area contributed by atoms with Crippen LogP contribution < -0.4 is 10.6 Å². The first-order chi connectivity index (χ1) is 22.7. The Morgan fingerprint density at radius 1 is 1.00 bits per heavy atom. The van der Waals surface area contributed by atoms with Crippen LogP contribution in [0.2, 0.25) is 0 Å². The molecule has 0 saturated carbocycles. The van der Waals surface area contributed by atoms with Crippen LogP contribution in [0.15, 0.2) is 42.7 Å². The van der Waals surface area contributed by atoms with E-state index in [1.54, 1.807) is 19.2 Å². The molecule has 1 fully saturated rings. The summed E-state index contributed by atoms with van der Waals surface area (Å²) >= 11 is 0. The van der Waals surface area contributed by atoms with Gasteiger partial charge in [0, 0.05) is 60.7 Å². The van der Waals surface area contributed by atoms with Crippen molar-refractivity contribution in [3.63, 3.8) is 0 Å². The number of amides is 3. The molecule has 12 heteroatoms. The van der Waals surface area contributed by atoms with Crippen LogP contribution in [0, 0.1) is 17.5 Å². The average molecular weight is 646 g/mol. The average Bonchev–Trinajstić information content (AvgIpc) is 3.57. The number of pyridine rings is 2. The van der Waals surface area contributed by atoms with E-state index in [1.807, 2.05) is 18.2 Å². The zero-order valence-electron chi connectivity index (χ0n) is 25.8. The highest BCUT2D eigenvalue weighted by molar-refractivity contribution is 6.06. The number of hydrogen-bond acceptors (Lipinski definition) is 6. The van der Waals surface area contributed by atoms with Crippen molar-refractivity contribution < 1.29 is 32.3 Å². The summed E-state index contributed by atoms with van der Waals surface area (Å²) in [6.07, 6.45) is 9.43. The maximum absolute atomic E-state index is 15.1. The highest BCUT2D eigenvalue weighted by Crippen LogP contribution is 2.46. The van der Waals surface area contributed by atoms with Gasteiger partial charge in [-0.25, -0.2) is 18.2 Å². The lowest BCUT2D eigenvalue weighted by molar-refractivity contribution is -0.139. The lowest BCUT2D eigenvalue weighted by atomic mass is 9.79. The zero-order valence-corrected chi connectivity index (χ0v) is 25.8. The molecule has 2 N–H and O–H groups in total. The fourth-order valence-electron chi connectivity index (χ4n) is 7.43. The molecule has 1 spiro atoms. The lowest BCUT2D eigenvalue weighted by Gasteiger charge is -2.43. The smallest absolute Gasteiger partial charge is 0.253 e. The van der Waals surface area contributed by atoms with E-state index in [9.17, 15) is 18.8 Å². The fraction of sp³-hybridized carbons (Fsp3) is 0.400. The second-order valence-corrected chi connectivity index (χ2v) is 12.8. The number of carbonyl (C=O) groups excluding carboxylic acids is 3. The van der Waals surface area contributed by atoms with Gasteiger partial charge in [0.05, 0.1) is 17.6 Å². The number of rotatable bonds is 1. The van der Waals surface area contributed by atoms with Crippen molar-refractivity contribution in [1.29, 1.82) is 0 Å². The molecular formula is C35H34F3N5O4. The molecule has 7 bridgehead atoms. The fourth-order valence-corrected chi connectivity index (χ4v) is 7.43. The predicted octanol–water partition coefficient (Wildman–Crippen LogP) is 4.60. The van der Waals surface area contributed by atoms with Crippen molar-refractivity contribution in [3.8, 4) is 0 Å². The van der Waals surface area contributed by atoms with Gasteiger partial charge in [-0.05, 0) is 74.4 Å². The molecule has 3 aromatic rings. The molecule has 9 nitrogen and oxygen atoms in total. The third-order valence-electron chi connectivity index (χ3n) is 9.95. The Balaban J connectivity index is 1.22. The Bertz CT molecular complexity index is 1820. The molecule has 47 heavy (non-hydrogen) atoms.